The van der Waals surface area contributed by atoms with Crippen molar-refractivity contribution in [2.75, 3.05) is 24.3 Å². The van der Waals surface area contributed by atoms with Crippen molar-refractivity contribution in [3.63, 3.8) is 0 Å². The first-order valence-electron chi connectivity index (χ1n) is 10.4. The third-order valence-corrected chi connectivity index (χ3v) is 6.72. The second kappa shape index (κ2) is 7.69. The number of nitrogens with one attached hydrogen (secondary N) is 3. The van der Waals surface area contributed by atoms with Gasteiger partial charge in [0.05, 0.1) is 19.3 Å². The minimum atomic E-state index is -0.318. The van der Waals surface area contributed by atoms with Gasteiger partial charge in [-0.25, -0.2) is 0 Å². The normalized spacial score (nSPS) is 29.2. The van der Waals surface area contributed by atoms with Crippen LogP contribution in [-0.2, 0) is 14.4 Å². The molecule has 5 rings (SSSR count). The van der Waals surface area contributed by atoms with Crippen molar-refractivity contribution in [3.05, 3.63) is 18.2 Å². The van der Waals surface area contributed by atoms with Gasteiger partial charge in [0.25, 0.3) is 0 Å². The summed E-state index contributed by atoms with van der Waals surface area (Å²) in [6, 6.07) is 5.01. The molecule has 3 N–H and O–H groups in total. The van der Waals surface area contributed by atoms with Gasteiger partial charge >= 0.3 is 0 Å². The van der Waals surface area contributed by atoms with E-state index < -0.39 is 0 Å². The second-order valence-corrected chi connectivity index (χ2v) is 9.02. The van der Waals surface area contributed by atoms with Crippen LogP contribution in [0.4, 0.5) is 11.4 Å². The Balaban J connectivity index is 1.37. The standard InChI is InChI=1S/C22H29N3O4/c1-13(26)24-17-3-4-19(29-2)18(8-17)25-20(27)12-23-21(28)22-9-14-5-15(10-22)7-16(6-14)11-22/h3-4,8,14-16H,5-7,9-12H2,1-2H3,(H,23,28)(H,24,26)(H,25,27). The Morgan fingerprint density at radius 1 is 1.03 bits per heavy atom. The van der Waals surface area contributed by atoms with Crippen molar-refractivity contribution in [2.45, 2.75) is 45.4 Å². The zero-order valence-corrected chi connectivity index (χ0v) is 17.0. The summed E-state index contributed by atoms with van der Waals surface area (Å²) in [6.45, 7) is 1.34. The quantitative estimate of drug-likeness (QED) is 0.685. The molecule has 3 amide bonds. The van der Waals surface area contributed by atoms with Crippen molar-refractivity contribution in [3.8, 4) is 5.75 Å². The number of hydrogen-bond acceptors (Lipinski definition) is 4. The zero-order chi connectivity index (χ0) is 20.6. The molecule has 0 aliphatic heterocycles. The van der Waals surface area contributed by atoms with E-state index in [0.717, 1.165) is 19.3 Å². The largest absolute Gasteiger partial charge is 0.495 e. The molecule has 7 nitrogen and oxygen atoms in total. The summed E-state index contributed by atoms with van der Waals surface area (Å²) >= 11 is 0. The van der Waals surface area contributed by atoms with Gasteiger partial charge in [0, 0.05) is 18.0 Å². The summed E-state index contributed by atoms with van der Waals surface area (Å²) in [5.41, 5.74) is 0.747. The van der Waals surface area contributed by atoms with Gasteiger partial charge in [-0.05, 0) is 74.5 Å². The molecule has 0 aromatic heterocycles. The summed E-state index contributed by atoms with van der Waals surface area (Å²) < 4.78 is 5.28. The lowest BCUT2D eigenvalue weighted by Crippen LogP contribution is -2.54. The maximum Gasteiger partial charge on any atom is 0.243 e. The van der Waals surface area contributed by atoms with Gasteiger partial charge in [0.2, 0.25) is 17.7 Å². The molecule has 0 atom stereocenters. The molecule has 156 valence electrons. The Bertz CT molecular complexity index is 800. The molecule has 1 aromatic rings. The molecular formula is C22H29N3O4. The summed E-state index contributed by atoms with van der Waals surface area (Å²) in [4.78, 5) is 36.7. The molecule has 4 fully saturated rings. The molecule has 0 spiro atoms. The SMILES string of the molecule is COc1ccc(NC(C)=O)cc1NC(=O)CNC(=O)C12CC3CC(CC(C3)C1)C2. The van der Waals surface area contributed by atoms with E-state index in [1.54, 1.807) is 18.2 Å². The molecular weight excluding hydrogens is 370 g/mol. The monoisotopic (exact) mass is 399 g/mol. The molecule has 4 aliphatic carbocycles. The van der Waals surface area contributed by atoms with E-state index in [1.807, 2.05) is 0 Å². The number of hydrogen-bond donors (Lipinski definition) is 3. The molecule has 4 saturated carbocycles. The molecule has 0 saturated heterocycles. The summed E-state index contributed by atoms with van der Waals surface area (Å²) in [5, 5.41) is 8.34. The van der Waals surface area contributed by atoms with Crippen LogP contribution in [0.25, 0.3) is 0 Å². The van der Waals surface area contributed by atoms with Crippen LogP contribution in [0.15, 0.2) is 18.2 Å². The third kappa shape index (κ3) is 4.09. The van der Waals surface area contributed by atoms with E-state index >= 15 is 0 Å². The Labute approximate surface area is 171 Å². The highest BCUT2D eigenvalue weighted by molar-refractivity contribution is 5.97. The average molecular weight is 399 g/mol. The van der Waals surface area contributed by atoms with Crippen LogP contribution in [0.3, 0.4) is 0 Å². The molecule has 29 heavy (non-hydrogen) atoms. The number of rotatable bonds is 6. The summed E-state index contributed by atoms with van der Waals surface area (Å²) in [6.07, 6.45) is 6.74. The number of methoxy groups -OCH3 is 1. The van der Waals surface area contributed by atoms with Crippen LogP contribution in [-0.4, -0.2) is 31.4 Å². The molecule has 4 aliphatic rings. The summed E-state index contributed by atoms with van der Waals surface area (Å²) in [7, 11) is 1.51. The molecule has 7 heteroatoms. The predicted octanol–water partition coefficient (Wildman–Crippen LogP) is 2.92. The van der Waals surface area contributed by atoms with E-state index in [2.05, 4.69) is 16.0 Å². The van der Waals surface area contributed by atoms with E-state index in [4.69, 9.17) is 4.74 Å². The molecule has 0 unspecified atom stereocenters. The first kappa shape index (κ1) is 19.7. The molecule has 0 radical (unpaired) electrons. The number of ether oxygens (including phenoxy) is 1. The Hall–Kier alpha value is -2.57. The number of benzene rings is 1. The maximum absolute atomic E-state index is 13.0. The fourth-order valence-corrected chi connectivity index (χ4v) is 6.02. The van der Waals surface area contributed by atoms with E-state index in [-0.39, 0.29) is 29.7 Å². The van der Waals surface area contributed by atoms with Crippen LogP contribution in [0.1, 0.15) is 45.4 Å². The van der Waals surface area contributed by atoms with Crippen LogP contribution >= 0.6 is 0 Å². The molecule has 1 aromatic carbocycles. The maximum atomic E-state index is 13.0. The van der Waals surface area contributed by atoms with Gasteiger partial charge in [-0.1, -0.05) is 0 Å². The lowest BCUT2D eigenvalue weighted by molar-refractivity contribution is -0.146. The van der Waals surface area contributed by atoms with Gasteiger partial charge in [0.15, 0.2) is 0 Å². The van der Waals surface area contributed by atoms with E-state index in [0.29, 0.717) is 34.9 Å². The Kier molecular flexibility index (Phi) is 5.23. The highest BCUT2D eigenvalue weighted by Crippen LogP contribution is 2.60. The van der Waals surface area contributed by atoms with Crippen LogP contribution < -0.4 is 20.7 Å². The lowest BCUT2D eigenvalue weighted by atomic mass is 9.49. The van der Waals surface area contributed by atoms with Crippen LogP contribution in [0.5, 0.6) is 5.75 Å². The summed E-state index contributed by atoms with van der Waals surface area (Å²) in [5.74, 6) is 2.05. The van der Waals surface area contributed by atoms with Gasteiger partial charge in [-0.3, -0.25) is 14.4 Å². The van der Waals surface area contributed by atoms with Crippen LogP contribution in [0.2, 0.25) is 0 Å². The van der Waals surface area contributed by atoms with Crippen molar-refractivity contribution in [2.24, 2.45) is 23.2 Å². The highest BCUT2D eigenvalue weighted by Gasteiger charge is 2.54. The topological polar surface area (TPSA) is 96.5 Å². The fraction of sp³-hybridized carbons (Fsp3) is 0.591. The molecule has 4 bridgehead atoms. The Morgan fingerprint density at radius 3 is 2.21 bits per heavy atom. The molecule has 0 heterocycles. The number of carbonyl (C=O) groups excluding carboxylic acids is 3. The number of carbonyl (C=O) groups is 3. The highest BCUT2D eigenvalue weighted by atomic mass is 16.5. The zero-order valence-electron chi connectivity index (χ0n) is 17.0. The van der Waals surface area contributed by atoms with Crippen molar-refractivity contribution in [1.29, 1.82) is 0 Å². The van der Waals surface area contributed by atoms with E-state index in [1.165, 1.54) is 33.3 Å². The first-order chi connectivity index (χ1) is 13.9. The smallest absolute Gasteiger partial charge is 0.243 e. The van der Waals surface area contributed by atoms with Crippen molar-refractivity contribution < 1.29 is 19.1 Å². The van der Waals surface area contributed by atoms with Gasteiger partial charge in [-0.15, -0.1) is 0 Å². The number of amides is 3. The van der Waals surface area contributed by atoms with E-state index in [9.17, 15) is 14.4 Å². The van der Waals surface area contributed by atoms with Crippen molar-refractivity contribution in [1.82, 2.24) is 5.32 Å². The van der Waals surface area contributed by atoms with Gasteiger partial charge in [-0.2, -0.15) is 0 Å². The third-order valence-electron chi connectivity index (χ3n) is 6.72. The van der Waals surface area contributed by atoms with Crippen molar-refractivity contribution >= 4 is 29.1 Å². The first-order valence-corrected chi connectivity index (χ1v) is 10.4. The predicted molar refractivity (Wildman–Crippen MR) is 110 cm³/mol. The lowest BCUT2D eigenvalue weighted by Gasteiger charge is -2.55. The Morgan fingerprint density at radius 2 is 1.66 bits per heavy atom. The van der Waals surface area contributed by atoms with Gasteiger partial charge in [0.1, 0.15) is 5.75 Å². The average Bonchev–Trinajstić information content (AvgIpc) is 2.65. The fourth-order valence-electron chi connectivity index (χ4n) is 6.02. The minimum absolute atomic E-state index is 0.0331. The van der Waals surface area contributed by atoms with Crippen LogP contribution in [0, 0.1) is 23.2 Å². The minimum Gasteiger partial charge on any atom is -0.495 e. The second-order valence-electron chi connectivity index (χ2n) is 9.02. The number of anilines is 2. The van der Waals surface area contributed by atoms with Gasteiger partial charge < -0.3 is 20.7 Å².